The maximum atomic E-state index is 13.4. The number of amides is 3. The van der Waals surface area contributed by atoms with Gasteiger partial charge < -0.3 is 37.4 Å². The number of nitrogens with one attached hydrogen (secondary N) is 1. The first-order valence-corrected chi connectivity index (χ1v) is 13.0. The van der Waals surface area contributed by atoms with Crippen molar-refractivity contribution in [1.82, 2.24) is 15.1 Å². The van der Waals surface area contributed by atoms with Crippen molar-refractivity contribution in [2.24, 2.45) is 22.2 Å². The first kappa shape index (κ1) is 27.7. The minimum absolute atomic E-state index is 0.0827. The molecule has 2 aliphatic heterocycles. The van der Waals surface area contributed by atoms with Crippen LogP contribution < -0.4 is 22.5 Å². The van der Waals surface area contributed by atoms with E-state index >= 15 is 0 Å². The molecule has 0 radical (unpaired) electrons. The molecule has 0 saturated carbocycles. The van der Waals surface area contributed by atoms with E-state index in [2.05, 4.69) is 10.3 Å². The quantitative estimate of drug-likeness (QED) is 0.123. The zero-order valence-electron chi connectivity index (χ0n) is 19.6. The van der Waals surface area contributed by atoms with Gasteiger partial charge in [-0.15, -0.1) is 0 Å². The fourth-order valence-electron chi connectivity index (χ4n) is 4.39. The first-order chi connectivity index (χ1) is 16.2. The van der Waals surface area contributed by atoms with Crippen LogP contribution in [0.2, 0.25) is 0 Å². The number of hydrogen-bond donors (Lipinski definition) is 5. The highest BCUT2D eigenvalue weighted by Crippen LogP contribution is 2.26. The van der Waals surface area contributed by atoms with E-state index in [1.807, 2.05) is 6.26 Å². The lowest BCUT2D eigenvalue weighted by molar-refractivity contribution is -0.148. The van der Waals surface area contributed by atoms with Gasteiger partial charge in [0.2, 0.25) is 17.7 Å². The largest absolute Gasteiger partial charge is 0.480 e. The zero-order valence-corrected chi connectivity index (χ0v) is 20.5. The van der Waals surface area contributed by atoms with E-state index in [9.17, 15) is 24.3 Å². The average molecular weight is 500 g/mol. The monoisotopic (exact) mass is 499 g/mol. The molecule has 0 aromatic carbocycles. The Morgan fingerprint density at radius 1 is 1.09 bits per heavy atom. The summed E-state index contributed by atoms with van der Waals surface area (Å²) in [6.07, 6.45) is 5.27. The van der Waals surface area contributed by atoms with Crippen LogP contribution in [-0.4, -0.2) is 100 Å². The van der Waals surface area contributed by atoms with Crippen molar-refractivity contribution in [3.63, 3.8) is 0 Å². The number of aliphatic imine (C=N–C) groups is 1. The lowest BCUT2D eigenvalue weighted by atomic mass is 10.1. The van der Waals surface area contributed by atoms with Gasteiger partial charge in [-0.05, 0) is 57.0 Å². The number of carbonyl (C=O) groups is 4. The minimum Gasteiger partial charge on any atom is -0.480 e. The molecule has 0 aliphatic carbocycles. The van der Waals surface area contributed by atoms with Crippen molar-refractivity contribution in [2.75, 3.05) is 31.6 Å². The molecule has 8 N–H and O–H groups in total. The number of likely N-dealkylation sites (tertiary alicyclic amines) is 2. The third-order valence-electron chi connectivity index (χ3n) is 6.17. The minimum atomic E-state index is -1.17. The van der Waals surface area contributed by atoms with Gasteiger partial charge in [0.1, 0.15) is 18.1 Å². The summed E-state index contributed by atoms with van der Waals surface area (Å²) in [6, 6.07) is -3.18. The molecule has 2 aliphatic rings. The van der Waals surface area contributed by atoms with Crippen LogP contribution in [0.3, 0.4) is 0 Å². The van der Waals surface area contributed by atoms with Crippen LogP contribution in [-0.2, 0) is 19.2 Å². The Bertz CT molecular complexity index is 777. The number of carboxylic acid groups (broad SMARTS) is 1. The molecule has 0 aromatic rings. The molecule has 4 atom stereocenters. The summed E-state index contributed by atoms with van der Waals surface area (Å²) in [5, 5.41) is 12.0. The summed E-state index contributed by atoms with van der Waals surface area (Å²) in [5.74, 6) is -1.52. The lowest BCUT2D eigenvalue weighted by Crippen LogP contribution is -2.56. The molecule has 2 saturated heterocycles. The highest BCUT2D eigenvalue weighted by Gasteiger charge is 2.43. The molecule has 2 rings (SSSR count). The molecule has 0 bridgehead atoms. The van der Waals surface area contributed by atoms with Crippen LogP contribution in [0.4, 0.5) is 0 Å². The summed E-state index contributed by atoms with van der Waals surface area (Å²) >= 11 is 1.61. The standard InChI is InChI=1S/C21H37N7O5S/c1-34-12-8-13(22)18(30)28-11-4-7-16(28)19(31)27-10-3-6-15(27)17(29)26-14(20(32)33)5-2-9-25-21(23)24/h13-16H,2-12,22H2,1H3,(H,26,29)(H,32,33)(H4,23,24,25). The Morgan fingerprint density at radius 3 is 2.35 bits per heavy atom. The van der Waals surface area contributed by atoms with Crippen molar-refractivity contribution >= 4 is 41.4 Å². The summed E-state index contributed by atoms with van der Waals surface area (Å²) in [7, 11) is 0. The molecule has 0 aromatic heterocycles. The number of hydrogen-bond acceptors (Lipinski definition) is 7. The fraction of sp³-hybridized carbons (Fsp3) is 0.762. The maximum absolute atomic E-state index is 13.4. The van der Waals surface area contributed by atoms with Crippen LogP contribution in [0.25, 0.3) is 0 Å². The normalized spacial score (nSPS) is 21.7. The summed E-state index contributed by atoms with van der Waals surface area (Å²) < 4.78 is 0. The molecule has 3 amide bonds. The van der Waals surface area contributed by atoms with Crippen LogP contribution in [0, 0.1) is 0 Å². The Labute approximate surface area is 204 Å². The van der Waals surface area contributed by atoms with E-state index in [1.165, 1.54) is 4.90 Å². The molecule has 13 heteroatoms. The predicted octanol–water partition coefficient (Wildman–Crippen LogP) is -1.33. The van der Waals surface area contributed by atoms with E-state index in [1.54, 1.807) is 16.7 Å². The number of carboxylic acids is 1. The van der Waals surface area contributed by atoms with Crippen molar-refractivity contribution in [1.29, 1.82) is 0 Å². The average Bonchev–Trinajstić information content (AvgIpc) is 3.48. The number of thioether (sulfide) groups is 1. The van der Waals surface area contributed by atoms with Gasteiger partial charge in [0.25, 0.3) is 0 Å². The SMILES string of the molecule is CSCCC(N)C(=O)N1CCCC1C(=O)N1CCCC1C(=O)NC(CCCN=C(N)N)C(=O)O. The Balaban J connectivity index is 2.01. The second kappa shape index (κ2) is 13.4. The molecular formula is C21H37N7O5S. The Kier molecular flexibility index (Phi) is 10.9. The van der Waals surface area contributed by atoms with Crippen LogP contribution in [0.1, 0.15) is 44.9 Å². The Hall–Kier alpha value is -2.54. The third kappa shape index (κ3) is 7.49. The van der Waals surface area contributed by atoms with Crippen molar-refractivity contribution in [3.8, 4) is 0 Å². The summed E-state index contributed by atoms with van der Waals surface area (Å²) in [5.41, 5.74) is 16.6. The van der Waals surface area contributed by atoms with Gasteiger partial charge in [0.05, 0.1) is 6.04 Å². The van der Waals surface area contributed by atoms with Crippen molar-refractivity contribution < 1.29 is 24.3 Å². The first-order valence-electron chi connectivity index (χ1n) is 11.6. The lowest BCUT2D eigenvalue weighted by Gasteiger charge is -2.32. The van der Waals surface area contributed by atoms with Gasteiger partial charge in [-0.1, -0.05) is 0 Å². The van der Waals surface area contributed by atoms with E-state index in [-0.39, 0.29) is 30.7 Å². The molecule has 192 valence electrons. The third-order valence-corrected chi connectivity index (χ3v) is 6.81. The fourth-order valence-corrected chi connectivity index (χ4v) is 4.88. The Morgan fingerprint density at radius 2 is 1.74 bits per heavy atom. The van der Waals surface area contributed by atoms with E-state index < -0.39 is 36.0 Å². The van der Waals surface area contributed by atoms with Crippen molar-refractivity contribution in [3.05, 3.63) is 0 Å². The molecule has 4 unspecified atom stereocenters. The predicted molar refractivity (Wildman–Crippen MR) is 130 cm³/mol. The van der Waals surface area contributed by atoms with Gasteiger partial charge in [0.15, 0.2) is 5.96 Å². The number of aliphatic carboxylic acids is 1. The van der Waals surface area contributed by atoms with E-state index in [4.69, 9.17) is 17.2 Å². The number of rotatable bonds is 12. The zero-order chi connectivity index (χ0) is 25.3. The number of carbonyl (C=O) groups excluding carboxylic acids is 3. The second-order valence-corrected chi connectivity index (χ2v) is 9.60. The molecule has 0 spiro atoms. The highest BCUT2D eigenvalue weighted by molar-refractivity contribution is 7.98. The number of guanidine groups is 1. The van der Waals surface area contributed by atoms with Gasteiger partial charge in [-0.3, -0.25) is 19.4 Å². The molecule has 2 heterocycles. The number of nitrogens with two attached hydrogens (primary N) is 3. The maximum Gasteiger partial charge on any atom is 0.326 e. The second-order valence-electron chi connectivity index (χ2n) is 8.62. The summed E-state index contributed by atoms with van der Waals surface area (Å²) in [4.78, 5) is 57.6. The van der Waals surface area contributed by atoms with Gasteiger partial charge in [-0.2, -0.15) is 11.8 Å². The smallest absolute Gasteiger partial charge is 0.326 e. The van der Waals surface area contributed by atoms with Gasteiger partial charge in [-0.25, -0.2) is 4.79 Å². The van der Waals surface area contributed by atoms with E-state index in [0.717, 1.165) is 5.75 Å². The van der Waals surface area contributed by atoms with Crippen LogP contribution in [0.5, 0.6) is 0 Å². The molecule has 12 nitrogen and oxygen atoms in total. The van der Waals surface area contributed by atoms with Crippen molar-refractivity contribution in [2.45, 2.75) is 69.1 Å². The highest BCUT2D eigenvalue weighted by atomic mass is 32.2. The summed E-state index contributed by atoms with van der Waals surface area (Å²) in [6.45, 7) is 1.10. The van der Waals surface area contributed by atoms with Crippen LogP contribution in [0.15, 0.2) is 4.99 Å². The molecule has 2 fully saturated rings. The van der Waals surface area contributed by atoms with Gasteiger partial charge >= 0.3 is 5.97 Å². The topological polar surface area (TPSA) is 197 Å². The van der Waals surface area contributed by atoms with Crippen LogP contribution >= 0.6 is 11.8 Å². The molecular weight excluding hydrogens is 462 g/mol. The van der Waals surface area contributed by atoms with E-state index in [0.29, 0.717) is 51.6 Å². The molecule has 34 heavy (non-hydrogen) atoms. The van der Waals surface area contributed by atoms with Gasteiger partial charge in [0, 0.05) is 19.6 Å². The number of nitrogens with zero attached hydrogens (tertiary/aromatic N) is 3.